The molecule has 0 radical (unpaired) electrons. The Bertz CT molecular complexity index is 1140. The minimum atomic E-state index is -3.57. The number of piperidine rings is 1. The van der Waals surface area contributed by atoms with E-state index in [0.717, 1.165) is 50.1 Å². The van der Waals surface area contributed by atoms with Gasteiger partial charge in [0, 0.05) is 43.2 Å². The van der Waals surface area contributed by atoms with Crippen molar-refractivity contribution in [2.24, 2.45) is 0 Å². The molecule has 0 N–H and O–H groups in total. The van der Waals surface area contributed by atoms with Crippen LogP contribution in [0.3, 0.4) is 0 Å². The van der Waals surface area contributed by atoms with Crippen molar-refractivity contribution in [3.8, 4) is 0 Å². The maximum Gasteiger partial charge on any atom is 0.338 e. The van der Waals surface area contributed by atoms with Gasteiger partial charge in [-0.1, -0.05) is 6.42 Å². The van der Waals surface area contributed by atoms with E-state index in [1.807, 2.05) is 19.9 Å². The van der Waals surface area contributed by atoms with Gasteiger partial charge in [-0.3, -0.25) is 4.79 Å². The van der Waals surface area contributed by atoms with Crippen LogP contribution < -0.4 is 0 Å². The topological polar surface area (TPSA) is 94.9 Å². The first kappa shape index (κ1) is 24.6. The number of carbonyl (C=O) groups is 2. The van der Waals surface area contributed by atoms with Crippen LogP contribution in [-0.2, 0) is 26.0 Å². The fourth-order valence-electron chi connectivity index (χ4n) is 4.67. The van der Waals surface area contributed by atoms with Gasteiger partial charge in [-0.15, -0.1) is 0 Å². The quantitative estimate of drug-likeness (QED) is 0.417. The molecule has 184 valence electrons. The number of hydrogen-bond donors (Lipinski definition) is 0. The Morgan fingerprint density at radius 1 is 1.06 bits per heavy atom. The molecule has 0 aliphatic carbocycles. The first-order valence-electron chi connectivity index (χ1n) is 11.9. The molecule has 34 heavy (non-hydrogen) atoms. The van der Waals surface area contributed by atoms with Gasteiger partial charge in [-0.25, -0.2) is 13.2 Å². The van der Waals surface area contributed by atoms with E-state index in [0.29, 0.717) is 25.2 Å². The Morgan fingerprint density at radius 3 is 2.41 bits per heavy atom. The van der Waals surface area contributed by atoms with Gasteiger partial charge in [-0.05, 0) is 69.9 Å². The summed E-state index contributed by atoms with van der Waals surface area (Å²) in [5.41, 5.74) is 2.54. The van der Waals surface area contributed by atoms with E-state index in [2.05, 4.69) is 4.57 Å². The predicted octanol–water partition coefficient (Wildman–Crippen LogP) is 3.50. The van der Waals surface area contributed by atoms with Gasteiger partial charge in [0.15, 0.2) is 6.61 Å². The number of esters is 1. The first-order valence-corrected chi connectivity index (χ1v) is 13.3. The standard InChI is InChI=1S/C25H32N2O6S/c1-18-15-23(19(2)27(18)16-21-7-6-14-32-21)24(28)17-33-25(29)20-8-10-22(11-9-20)34(30,31)26-12-4-3-5-13-26/h8-11,15,21H,3-7,12-14,16-17H2,1-2H3/t21-/m1/s1. The van der Waals surface area contributed by atoms with Crippen molar-refractivity contribution in [1.82, 2.24) is 8.87 Å². The highest BCUT2D eigenvalue weighted by Crippen LogP contribution is 2.22. The van der Waals surface area contributed by atoms with Crippen molar-refractivity contribution >= 4 is 21.8 Å². The first-order chi connectivity index (χ1) is 16.3. The summed E-state index contributed by atoms with van der Waals surface area (Å²) in [6, 6.07) is 7.51. The van der Waals surface area contributed by atoms with Gasteiger partial charge < -0.3 is 14.0 Å². The Labute approximate surface area is 200 Å². The fourth-order valence-corrected chi connectivity index (χ4v) is 6.18. The van der Waals surface area contributed by atoms with Crippen LogP contribution in [-0.4, -0.2) is 61.4 Å². The molecule has 3 heterocycles. The highest BCUT2D eigenvalue weighted by Gasteiger charge is 2.26. The summed E-state index contributed by atoms with van der Waals surface area (Å²) >= 11 is 0. The van der Waals surface area contributed by atoms with Gasteiger partial charge in [0.05, 0.1) is 16.6 Å². The molecule has 8 nitrogen and oxygen atoms in total. The van der Waals surface area contributed by atoms with Crippen molar-refractivity contribution in [2.75, 3.05) is 26.3 Å². The van der Waals surface area contributed by atoms with Crippen molar-refractivity contribution in [2.45, 2.75) is 63.5 Å². The molecule has 1 atom stereocenters. The molecule has 2 saturated heterocycles. The van der Waals surface area contributed by atoms with Crippen LogP contribution in [0.25, 0.3) is 0 Å². The number of carbonyl (C=O) groups excluding carboxylic acids is 2. The molecule has 2 aliphatic heterocycles. The van der Waals surface area contributed by atoms with Crippen molar-refractivity contribution < 1.29 is 27.5 Å². The monoisotopic (exact) mass is 488 g/mol. The molecule has 0 amide bonds. The molecule has 2 aromatic rings. The van der Waals surface area contributed by atoms with E-state index >= 15 is 0 Å². The molecule has 1 aromatic heterocycles. The zero-order chi connectivity index (χ0) is 24.3. The zero-order valence-corrected chi connectivity index (χ0v) is 20.6. The summed E-state index contributed by atoms with van der Waals surface area (Å²) in [5.74, 6) is -0.937. The molecule has 1 aromatic carbocycles. The van der Waals surface area contributed by atoms with E-state index in [1.165, 1.54) is 28.6 Å². The second-order valence-corrected chi connectivity index (χ2v) is 11.0. The summed E-state index contributed by atoms with van der Waals surface area (Å²) < 4.78 is 40.0. The predicted molar refractivity (Wildman–Crippen MR) is 127 cm³/mol. The van der Waals surface area contributed by atoms with E-state index in [9.17, 15) is 18.0 Å². The van der Waals surface area contributed by atoms with E-state index in [-0.39, 0.29) is 29.0 Å². The molecular weight excluding hydrogens is 456 g/mol. The summed E-state index contributed by atoms with van der Waals surface area (Å²) in [6.45, 7) is 5.97. The second-order valence-electron chi connectivity index (χ2n) is 9.02. The molecule has 9 heteroatoms. The lowest BCUT2D eigenvalue weighted by Crippen LogP contribution is -2.35. The third kappa shape index (κ3) is 5.26. The maximum absolute atomic E-state index is 12.8. The minimum Gasteiger partial charge on any atom is -0.454 e. The summed E-state index contributed by atoms with van der Waals surface area (Å²) in [4.78, 5) is 25.4. The number of rotatable bonds is 8. The number of aryl methyl sites for hydroxylation is 1. The largest absolute Gasteiger partial charge is 0.454 e. The lowest BCUT2D eigenvalue weighted by molar-refractivity contribution is 0.0474. The Morgan fingerprint density at radius 2 is 1.76 bits per heavy atom. The van der Waals surface area contributed by atoms with Gasteiger partial charge in [0.1, 0.15) is 0 Å². The Kier molecular flexibility index (Phi) is 7.54. The summed E-state index contributed by atoms with van der Waals surface area (Å²) in [5, 5.41) is 0. The van der Waals surface area contributed by atoms with Crippen molar-refractivity contribution in [3.63, 3.8) is 0 Å². The number of sulfonamides is 1. The van der Waals surface area contributed by atoms with Gasteiger partial charge >= 0.3 is 5.97 Å². The van der Waals surface area contributed by atoms with Crippen LogP contribution in [0.2, 0.25) is 0 Å². The summed E-state index contributed by atoms with van der Waals surface area (Å²) in [6.07, 6.45) is 4.97. The molecule has 0 bridgehead atoms. The smallest absolute Gasteiger partial charge is 0.338 e. The number of Topliss-reactive ketones (excluding diaryl/α,β-unsaturated/α-hetero) is 1. The van der Waals surface area contributed by atoms with E-state index in [1.54, 1.807) is 0 Å². The lowest BCUT2D eigenvalue weighted by atomic mass is 10.1. The molecule has 0 unspecified atom stereocenters. The average molecular weight is 489 g/mol. The van der Waals surface area contributed by atoms with Crippen LogP contribution in [0.5, 0.6) is 0 Å². The third-order valence-corrected chi connectivity index (χ3v) is 8.57. The van der Waals surface area contributed by atoms with E-state index in [4.69, 9.17) is 9.47 Å². The number of aromatic nitrogens is 1. The number of nitrogens with zero attached hydrogens (tertiary/aromatic N) is 2. The highest BCUT2D eigenvalue weighted by molar-refractivity contribution is 7.89. The molecule has 0 spiro atoms. The fraction of sp³-hybridized carbons (Fsp3) is 0.520. The number of hydrogen-bond acceptors (Lipinski definition) is 6. The van der Waals surface area contributed by atoms with Crippen LogP contribution in [0.1, 0.15) is 64.2 Å². The lowest BCUT2D eigenvalue weighted by Gasteiger charge is -2.25. The SMILES string of the molecule is Cc1cc(C(=O)COC(=O)c2ccc(S(=O)(=O)N3CCCCC3)cc2)c(C)n1C[C@H]1CCCO1. The van der Waals surface area contributed by atoms with Crippen molar-refractivity contribution in [1.29, 1.82) is 0 Å². The number of ether oxygens (including phenoxy) is 2. The number of ketones is 1. The van der Waals surface area contributed by atoms with Crippen LogP contribution >= 0.6 is 0 Å². The average Bonchev–Trinajstić information content (AvgIpc) is 3.47. The van der Waals surface area contributed by atoms with E-state index < -0.39 is 16.0 Å². The van der Waals surface area contributed by atoms with Gasteiger partial charge in [0.25, 0.3) is 0 Å². The Hall–Kier alpha value is -2.49. The zero-order valence-electron chi connectivity index (χ0n) is 19.8. The Balaban J connectivity index is 1.36. The van der Waals surface area contributed by atoms with Gasteiger partial charge in [-0.2, -0.15) is 4.31 Å². The third-order valence-electron chi connectivity index (χ3n) is 6.66. The van der Waals surface area contributed by atoms with Crippen LogP contribution in [0.15, 0.2) is 35.2 Å². The molecule has 0 saturated carbocycles. The molecule has 2 aliphatic rings. The highest BCUT2D eigenvalue weighted by atomic mass is 32.2. The van der Waals surface area contributed by atoms with Crippen molar-refractivity contribution in [3.05, 3.63) is 52.8 Å². The maximum atomic E-state index is 12.8. The number of benzene rings is 1. The summed E-state index contributed by atoms with van der Waals surface area (Å²) in [7, 11) is -3.57. The van der Waals surface area contributed by atoms with Crippen LogP contribution in [0, 0.1) is 13.8 Å². The molecular formula is C25H32N2O6S. The minimum absolute atomic E-state index is 0.153. The normalized spacial score (nSPS) is 19.3. The van der Waals surface area contributed by atoms with Crippen LogP contribution in [0.4, 0.5) is 0 Å². The molecule has 4 rings (SSSR count). The van der Waals surface area contributed by atoms with Gasteiger partial charge in [0.2, 0.25) is 15.8 Å². The second kappa shape index (κ2) is 10.4. The molecule has 2 fully saturated rings.